The van der Waals surface area contributed by atoms with Gasteiger partial charge in [0.25, 0.3) is 6.71 Å². The lowest BCUT2D eigenvalue weighted by Crippen LogP contribution is -2.22. The molecule has 1 aliphatic heterocycles. The van der Waals surface area contributed by atoms with Crippen LogP contribution in [0.2, 0.25) is 16.4 Å². The Morgan fingerprint density at radius 3 is 2.82 bits per heavy atom. The average Bonchev–Trinajstić information content (AvgIpc) is 2.27. The van der Waals surface area contributed by atoms with Crippen molar-refractivity contribution >= 4 is 35.9 Å². The summed E-state index contributed by atoms with van der Waals surface area (Å²) in [4.78, 5) is 11.0. The fourth-order valence-corrected chi connectivity index (χ4v) is 2.91. The highest BCUT2D eigenvalue weighted by atomic mass is 35.5. The van der Waals surface area contributed by atoms with E-state index in [0.29, 0.717) is 19.1 Å². The molecule has 1 aromatic rings. The maximum atomic E-state index is 11.0. The molecule has 0 atom stereocenters. The first kappa shape index (κ1) is 12.3. The van der Waals surface area contributed by atoms with Crippen molar-refractivity contribution < 1.29 is 9.90 Å². The van der Waals surface area contributed by atoms with Gasteiger partial charge in [-0.25, -0.2) is 10.1 Å². The maximum Gasteiger partial charge on any atom is 0.338 e. The molecule has 0 bridgehead atoms. The van der Waals surface area contributed by atoms with Gasteiger partial charge in [-0.3, -0.25) is 0 Å². The van der Waals surface area contributed by atoms with E-state index >= 15 is 0 Å². The van der Waals surface area contributed by atoms with Crippen molar-refractivity contribution in [3.63, 3.8) is 0 Å². The van der Waals surface area contributed by atoms with Gasteiger partial charge in [0.2, 0.25) is 0 Å². The minimum atomic E-state index is -1.12. The summed E-state index contributed by atoms with van der Waals surface area (Å²) < 4.78 is 0. The van der Waals surface area contributed by atoms with Gasteiger partial charge >= 0.3 is 5.97 Å². The predicted octanol–water partition coefficient (Wildman–Crippen LogP) is 2.89. The van der Waals surface area contributed by atoms with Gasteiger partial charge in [-0.15, -0.1) is 0 Å². The van der Waals surface area contributed by atoms with Gasteiger partial charge in [0.05, 0.1) is 15.6 Å². The summed E-state index contributed by atoms with van der Waals surface area (Å²) in [5.74, 6) is 1.10. The lowest BCUT2D eigenvalue weighted by molar-refractivity contribution is 0.0697. The Bertz CT molecular complexity index is 539. The number of halogens is 2. The Morgan fingerprint density at radius 1 is 1.53 bits per heavy atom. The second-order valence-electron chi connectivity index (χ2n) is 4.06. The van der Waals surface area contributed by atoms with Crippen LogP contribution in [0.25, 0.3) is 0 Å². The first-order chi connectivity index (χ1) is 8.04. The topological polar surface area (TPSA) is 61.1 Å². The van der Waals surface area contributed by atoms with Crippen molar-refractivity contribution in [3.8, 4) is 5.97 Å². The van der Waals surface area contributed by atoms with Crippen LogP contribution < -0.4 is 0 Å². The van der Waals surface area contributed by atoms with Crippen LogP contribution in [0.3, 0.4) is 0 Å². The SMILES string of the molecule is N#CB1CCc2c(cc(Cl)c(C(=O)O)c2Cl)C1. The first-order valence-corrected chi connectivity index (χ1v) is 5.92. The third kappa shape index (κ3) is 2.13. The van der Waals surface area contributed by atoms with Gasteiger partial charge in [-0.1, -0.05) is 29.5 Å². The van der Waals surface area contributed by atoms with Crippen molar-refractivity contribution in [2.45, 2.75) is 19.1 Å². The van der Waals surface area contributed by atoms with Gasteiger partial charge in [-0.05, 0) is 29.9 Å². The lowest BCUT2D eigenvalue weighted by Gasteiger charge is -2.20. The predicted molar refractivity (Wildman–Crippen MR) is 67.0 cm³/mol. The highest BCUT2D eigenvalue weighted by molar-refractivity contribution is 6.66. The largest absolute Gasteiger partial charge is 0.478 e. The summed E-state index contributed by atoms with van der Waals surface area (Å²) in [6.45, 7) is -0.0367. The fourth-order valence-electron chi connectivity index (χ4n) is 2.15. The van der Waals surface area contributed by atoms with Crippen molar-refractivity contribution in [1.29, 1.82) is 5.26 Å². The van der Waals surface area contributed by atoms with E-state index in [1.165, 1.54) is 0 Å². The van der Waals surface area contributed by atoms with E-state index in [0.717, 1.165) is 11.1 Å². The number of carboxylic acids is 1. The molecule has 1 N–H and O–H groups in total. The fraction of sp³-hybridized carbons (Fsp3) is 0.273. The number of hydrogen-bond acceptors (Lipinski definition) is 2. The average molecular weight is 268 g/mol. The van der Waals surface area contributed by atoms with E-state index in [1.54, 1.807) is 6.07 Å². The van der Waals surface area contributed by atoms with Crippen LogP contribution in [-0.2, 0) is 12.7 Å². The van der Waals surface area contributed by atoms with E-state index < -0.39 is 5.97 Å². The molecule has 17 heavy (non-hydrogen) atoms. The Morgan fingerprint density at radius 2 is 2.24 bits per heavy atom. The molecule has 0 saturated heterocycles. The number of fused-ring (bicyclic) bond motifs is 1. The molecule has 1 aromatic carbocycles. The maximum absolute atomic E-state index is 11.0. The smallest absolute Gasteiger partial charge is 0.338 e. The van der Waals surface area contributed by atoms with Crippen molar-refractivity contribution in [2.24, 2.45) is 0 Å². The number of hydrogen-bond donors (Lipinski definition) is 1. The molecule has 0 amide bonds. The zero-order valence-electron chi connectivity index (χ0n) is 8.83. The monoisotopic (exact) mass is 267 g/mol. The molecule has 0 fully saturated rings. The third-order valence-electron chi connectivity index (χ3n) is 3.02. The quantitative estimate of drug-likeness (QED) is 0.796. The Kier molecular flexibility index (Phi) is 3.32. The van der Waals surface area contributed by atoms with Gasteiger partial charge in [0.15, 0.2) is 0 Å². The molecule has 2 rings (SSSR count). The summed E-state index contributed by atoms with van der Waals surface area (Å²) in [5, 5.41) is 18.3. The highest BCUT2D eigenvalue weighted by Gasteiger charge is 2.27. The summed E-state index contributed by atoms with van der Waals surface area (Å²) in [7, 11) is 0. The number of nitriles is 1. The molecule has 3 nitrogen and oxygen atoms in total. The molecule has 0 spiro atoms. The molecule has 86 valence electrons. The normalized spacial score (nSPS) is 14.1. The molecular weight excluding hydrogens is 260 g/mol. The number of carbonyl (C=O) groups is 1. The van der Waals surface area contributed by atoms with Crippen LogP contribution in [0, 0.1) is 11.2 Å². The number of carboxylic acid groups (broad SMARTS) is 1. The molecule has 0 unspecified atom stereocenters. The number of rotatable bonds is 1. The molecule has 0 aliphatic carbocycles. The minimum Gasteiger partial charge on any atom is -0.478 e. The van der Waals surface area contributed by atoms with Crippen LogP contribution >= 0.6 is 23.2 Å². The second kappa shape index (κ2) is 4.60. The molecule has 1 heterocycles. The number of aromatic carboxylic acids is 1. The van der Waals surface area contributed by atoms with E-state index in [9.17, 15) is 4.79 Å². The van der Waals surface area contributed by atoms with E-state index in [-0.39, 0.29) is 22.3 Å². The van der Waals surface area contributed by atoms with E-state index in [2.05, 4.69) is 5.97 Å². The zero-order chi connectivity index (χ0) is 12.6. The van der Waals surface area contributed by atoms with Crippen LogP contribution in [0.1, 0.15) is 21.5 Å². The highest BCUT2D eigenvalue weighted by Crippen LogP contribution is 2.35. The number of nitrogens with zero attached hydrogens (tertiary/aromatic N) is 1. The van der Waals surface area contributed by atoms with Crippen LogP contribution in [-0.4, -0.2) is 17.8 Å². The van der Waals surface area contributed by atoms with E-state index in [1.807, 2.05) is 0 Å². The molecular formula is C11H8BCl2NO2. The lowest BCUT2D eigenvalue weighted by atomic mass is 9.42. The van der Waals surface area contributed by atoms with Gasteiger partial charge in [0.1, 0.15) is 0 Å². The van der Waals surface area contributed by atoms with Gasteiger partial charge in [0, 0.05) is 5.97 Å². The second-order valence-corrected chi connectivity index (χ2v) is 4.84. The molecule has 0 radical (unpaired) electrons. The molecule has 6 heteroatoms. The van der Waals surface area contributed by atoms with Gasteiger partial charge < -0.3 is 5.11 Å². The summed E-state index contributed by atoms with van der Waals surface area (Å²) >= 11 is 12.0. The summed E-state index contributed by atoms with van der Waals surface area (Å²) in [5.41, 5.74) is 1.67. The Labute approximate surface area is 109 Å². The van der Waals surface area contributed by atoms with Crippen molar-refractivity contribution in [2.75, 3.05) is 0 Å². The Hall–Kier alpha value is -1.18. The first-order valence-electron chi connectivity index (χ1n) is 5.17. The number of benzene rings is 1. The van der Waals surface area contributed by atoms with E-state index in [4.69, 9.17) is 33.6 Å². The van der Waals surface area contributed by atoms with Crippen LogP contribution in [0.4, 0.5) is 0 Å². The summed E-state index contributed by atoms with van der Waals surface area (Å²) in [6, 6.07) is 1.62. The Balaban J connectivity index is 2.55. The standard InChI is InChI=1S/C11H8BCl2NO2/c13-8-3-6-4-12(5-15)2-1-7(6)10(14)9(8)11(16)17/h3H,1-2,4H2,(H,16,17). The molecule has 0 aromatic heterocycles. The summed E-state index contributed by atoms with van der Waals surface area (Å²) in [6.07, 6.45) is 1.93. The van der Waals surface area contributed by atoms with Crippen molar-refractivity contribution in [1.82, 2.24) is 0 Å². The van der Waals surface area contributed by atoms with Crippen LogP contribution in [0.5, 0.6) is 0 Å². The zero-order valence-corrected chi connectivity index (χ0v) is 10.3. The van der Waals surface area contributed by atoms with Crippen LogP contribution in [0.15, 0.2) is 6.07 Å². The third-order valence-corrected chi connectivity index (χ3v) is 3.73. The minimum absolute atomic E-state index is 0.0367. The van der Waals surface area contributed by atoms with Crippen molar-refractivity contribution in [3.05, 3.63) is 32.8 Å². The molecule has 0 saturated carbocycles. The molecule has 1 aliphatic rings. The van der Waals surface area contributed by atoms with Gasteiger partial charge in [-0.2, -0.15) is 0 Å².